The molecule has 0 bridgehead atoms. The number of imidazole rings is 1. The minimum absolute atomic E-state index is 0.187. The van der Waals surface area contributed by atoms with Gasteiger partial charge in [-0.3, -0.25) is 9.20 Å². The molecule has 5 heterocycles. The lowest BCUT2D eigenvalue weighted by Crippen LogP contribution is -2.09. The molecule has 212 valence electrons. The quantitative estimate of drug-likeness (QED) is 0.189. The Morgan fingerprint density at radius 3 is 2.60 bits per heavy atom. The third kappa shape index (κ3) is 3.86. The summed E-state index contributed by atoms with van der Waals surface area (Å²) in [4.78, 5) is 20.9. The molecule has 0 fully saturated rings. The highest BCUT2D eigenvalue weighted by molar-refractivity contribution is 7.13. The third-order valence-corrected chi connectivity index (χ3v) is 9.34. The number of ether oxygens (including phenoxy) is 1. The number of fused-ring (bicyclic) bond motifs is 4. The van der Waals surface area contributed by atoms with E-state index in [-0.39, 0.29) is 11.3 Å². The lowest BCUT2D eigenvalue weighted by atomic mass is 9.93. The Bertz CT molecular complexity index is 2210. The van der Waals surface area contributed by atoms with Gasteiger partial charge in [0.15, 0.2) is 11.6 Å². The van der Waals surface area contributed by atoms with Crippen LogP contribution >= 0.6 is 11.3 Å². The fourth-order valence-electron chi connectivity index (χ4n) is 6.55. The van der Waals surface area contributed by atoms with Crippen molar-refractivity contribution < 1.29 is 18.3 Å². The second-order valence-electron chi connectivity index (χ2n) is 10.8. The summed E-state index contributed by atoms with van der Waals surface area (Å²) in [5.74, 6) is -1.29. The molecule has 7 aromatic rings. The molecule has 1 aliphatic heterocycles. The van der Waals surface area contributed by atoms with Gasteiger partial charge in [0.25, 0.3) is 0 Å². The highest BCUT2D eigenvalue weighted by atomic mass is 32.1. The summed E-state index contributed by atoms with van der Waals surface area (Å²) in [5, 5.41) is 2.72. The molecule has 0 amide bonds. The first-order valence-electron chi connectivity index (χ1n) is 14.2. The summed E-state index contributed by atoms with van der Waals surface area (Å²) in [6.45, 7) is 0.529. The summed E-state index contributed by atoms with van der Waals surface area (Å²) >= 11 is 1.56. The molecule has 0 aliphatic carbocycles. The number of ketones is 1. The largest absolute Gasteiger partial charge is 0.497 e. The molecular weight excluding hydrogens is 564 g/mol. The molecule has 5 nitrogen and oxygen atoms in total. The molecular formula is C35H25F2N3O2S. The molecule has 1 aliphatic rings. The molecule has 3 aromatic carbocycles. The number of rotatable bonds is 5. The van der Waals surface area contributed by atoms with Crippen LogP contribution < -0.4 is 4.74 Å². The number of hydrogen-bond donors (Lipinski definition) is 0. The first-order chi connectivity index (χ1) is 21.0. The van der Waals surface area contributed by atoms with E-state index in [0.717, 1.165) is 51.5 Å². The molecule has 0 N–H and O–H groups in total. The predicted molar refractivity (Wildman–Crippen MR) is 166 cm³/mol. The van der Waals surface area contributed by atoms with Crippen LogP contribution in [-0.2, 0) is 13.0 Å². The Morgan fingerprint density at radius 1 is 0.977 bits per heavy atom. The maximum atomic E-state index is 15.5. The smallest absolute Gasteiger partial charge is 0.211 e. The van der Waals surface area contributed by atoms with Crippen LogP contribution in [0.3, 0.4) is 0 Å². The van der Waals surface area contributed by atoms with Crippen molar-refractivity contribution in [1.29, 1.82) is 0 Å². The Labute approximate surface area is 249 Å². The van der Waals surface area contributed by atoms with E-state index in [1.165, 1.54) is 0 Å². The average molecular weight is 590 g/mol. The van der Waals surface area contributed by atoms with E-state index >= 15 is 9.18 Å². The molecule has 43 heavy (non-hydrogen) atoms. The number of aromatic nitrogens is 3. The fraction of sp³-hybridized carbons (Fsp3) is 0.143. The minimum atomic E-state index is -0.903. The van der Waals surface area contributed by atoms with E-state index < -0.39 is 11.6 Å². The SMILES string of the molecule is COc1ccc(-c2c3c4n(c5c(F)c(F)ccc5n4c2C(=O)c2cc(-c4cccs4)nc4ccccc24)CCCC3)cc1. The predicted octanol–water partition coefficient (Wildman–Crippen LogP) is 8.69. The number of aryl methyl sites for hydroxylation is 2. The Morgan fingerprint density at radius 2 is 1.81 bits per heavy atom. The summed E-state index contributed by atoms with van der Waals surface area (Å²) < 4.78 is 39.3. The van der Waals surface area contributed by atoms with Gasteiger partial charge in [-0.1, -0.05) is 36.4 Å². The van der Waals surface area contributed by atoms with Crippen molar-refractivity contribution in [2.45, 2.75) is 25.8 Å². The van der Waals surface area contributed by atoms with Crippen molar-refractivity contribution in [1.82, 2.24) is 14.0 Å². The van der Waals surface area contributed by atoms with Gasteiger partial charge in [-0.2, -0.15) is 0 Å². The van der Waals surface area contributed by atoms with Crippen molar-refractivity contribution in [3.05, 3.63) is 113 Å². The topological polar surface area (TPSA) is 48.5 Å². The van der Waals surface area contributed by atoms with Crippen molar-refractivity contribution in [3.63, 3.8) is 0 Å². The van der Waals surface area contributed by atoms with Crippen LogP contribution in [0.5, 0.6) is 5.75 Å². The Balaban J connectivity index is 1.51. The van der Waals surface area contributed by atoms with E-state index in [4.69, 9.17) is 9.72 Å². The van der Waals surface area contributed by atoms with Gasteiger partial charge in [-0.25, -0.2) is 13.8 Å². The number of methoxy groups -OCH3 is 1. The number of para-hydroxylation sites is 1. The molecule has 8 rings (SSSR count). The van der Waals surface area contributed by atoms with E-state index in [2.05, 4.69) is 0 Å². The van der Waals surface area contributed by atoms with Gasteiger partial charge >= 0.3 is 0 Å². The second kappa shape index (κ2) is 9.88. The third-order valence-electron chi connectivity index (χ3n) is 8.44. The zero-order valence-corrected chi connectivity index (χ0v) is 24.1. The average Bonchev–Trinajstić information content (AvgIpc) is 3.72. The van der Waals surface area contributed by atoms with Crippen LogP contribution in [0.1, 0.15) is 34.5 Å². The number of hydrogen-bond acceptors (Lipinski definition) is 4. The van der Waals surface area contributed by atoms with Crippen LogP contribution in [0, 0.1) is 11.6 Å². The maximum Gasteiger partial charge on any atom is 0.211 e. The van der Waals surface area contributed by atoms with Crippen LogP contribution in [0.2, 0.25) is 0 Å². The number of halogens is 2. The summed E-state index contributed by atoms with van der Waals surface area (Å²) in [5.41, 5.74) is 6.40. The Kier molecular flexibility index (Phi) is 5.94. The highest BCUT2D eigenvalue weighted by Crippen LogP contribution is 2.42. The van der Waals surface area contributed by atoms with Crippen molar-refractivity contribution >= 4 is 44.7 Å². The summed E-state index contributed by atoms with van der Waals surface area (Å²) in [7, 11) is 1.62. The molecule has 0 spiro atoms. The van der Waals surface area contributed by atoms with Crippen LogP contribution in [0.25, 0.3) is 49.3 Å². The summed E-state index contributed by atoms with van der Waals surface area (Å²) in [6.07, 6.45) is 2.38. The molecule has 0 saturated carbocycles. The molecule has 0 radical (unpaired) electrons. The first-order valence-corrected chi connectivity index (χ1v) is 15.1. The molecule has 0 saturated heterocycles. The number of thiophene rings is 1. The lowest BCUT2D eigenvalue weighted by Gasteiger charge is -2.12. The number of carbonyl (C=O) groups excluding carboxylic acids is 1. The standard InChI is InChI=1S/C35H25F2N3O2S/c1-42-21-13-11-20(12-14-21)30-23-8-4-5-17-39-32-28(16-15-25(36)31(32)37)40(35(23)39)33(30)34(41)24-19-27(29-10-6-18-43-29)38-26-9-3-2-7-22(24)26/h2-3,6-7,9-16,18-19H,4-5,8,17H2,1H3. The van der Waals surface area contributed by atoms with E-state index in [9.17, 15) is 4.39 Å². The number of nitrogens with zero attached hydrogens (tertiary/aromatic N) is 3. The van der Waals surface area contributed by atoms with Crippen LogP contribution in [0.4, 0.5) is 8.78 Å². The Hall–Kier alpha value is -4.82. The highest BCUT2D eigenvalue weighted by Gasteiger charge is 2.32. The molecule has 4 aromatic heterocycles. The second-order valence-corrected chi connectivity index (χ2v) is 11.8. The summed E-state index contributed by atoms with van der Waals surface area (Å²) in [6, 6.07) is 23.9. The van der Waals surface area contributed by atoms with E-state index in [1.54, 1.807) is 24.5 Å². The van der Waals surface area contributed by atoms with Gasteiger partial charge in [0.1, 0.15) is 22.6 Å². The first kappa shape index (κ1) is 25.9. The lowest BCUT2D eigenvalue weighted by molar-refractivity contribution is 0.103. The van der Waals surface area contributed by atoms with Gasteiger partial charge < -0.3 is 9.30 Å². The monoisotopic (exact) mass is 589 g/mol. The van der Waals surface area contributed by atoms with Crippen LogP contribution in [-0.4, -0.2) is 26.8 Å². The minimum Gasteiger partial charge on any atom is -0.497 e. The molecule has 8 heteroatoms. The number of pyridine rings is 1. The molecule has 0 unspecified atom stereocenters. The van der Waals surface area contributed by atoms with Gasteiger partial charge in [-0.15, -0.1) is 11.3 Å². The number of carbonyl (C=O) groups is 1. The van der Waals surface area contributed by atoms with Crippen molar-refractivity contribution in [2.75, 3.05) is 7.11 Å². The zero-order chi connectivity index (χ0) is 29.2. The zero-order valence-electron chi connectivity index (χ0n) is 23.2. The fourth-order valence-corrected chi connectivity index (χ4v) is 7.24. The van der Waals surface area contributed by atoms with E-state index in [1.807, 2.05) is 81.1 Å². The number of benzene rings is 3. The molecule has 0 atom stereocenters. The van der Waals surface area contributed by atoms with Gasteiger partial charge in [0.05, 0.1) is 28.7 Å². The van der Waals surface area contributed by atoms with Crippen molar-refractivity contribution in [3.8, 4) is 27.4 Å². The van der Waals surface area contributed by atoms with Crippen molar-refractivity contribution in [2.24, 2.45) is 0 Å². The van der Waals surface area contributed by atoms with Gasteiger partial charge in [0, 0.05) is 28.6 Å². The van der Waals surface area contributed by atoms with Gasteiger partial charge in [0.2, 0.25) is 5.78 Å². The maximum absolute atomic E-state index is 15.5. The normalized spacial score (nSPS) is 13.2. The van der Waals surface area contributed by atoms with Crippen LogP contribution in [0.15, 0.2) is 84.2 Å². The van der Waals surface area contributed by atoms with E-state index in [0.29, 0.717) is 46.7 Å². The van der Waals surface area contributed by atoms with Gasteiger partial charge in [-0.05, 0) is 72.7 Å².